The van der Waals surface area contributed by atoms with Crippen LogP contribution in [0.5, 0.6) is 0 Å². The van der Waals surface area contributed by atoms with Gasteiger partial charge < -0.3 is 15.2 Å². The van der Waals surface area contributed by atoms with Crippen molar-refractivity contribution < 1.29 is 4.52 Å². The predicted molar refractivity (Wildman–Crippen MR) is 116 cm³/mol. The monoisotopic (exact) mass is 478 g/mol. The van der Waals surface area contributed by atoms with Crippen molar-refractivity contribution >= 4 is 29.9 Å². The Morgan fingerprint density at radius 3 is 2.81 bits per heavy atom. The maximum Gasteiger partial charge on any atom is 0.226 e. The zero-order chi connectivity index (χ0) is 18.1. The highest BCUT2D eigenvalue weighted by atomic mass is 127. The molecule has 1 aromatic heterocycles. The second kappa shape index (κ2) is 12.5. The van der Waals surface area contributed by atoms with E-state index in [1.165, 1.54) is 19.4 Å². The number of aliphatic imine (C=N–C) groups is 1. The third-order valence-corrected chi connectivity index (χ3v) is 4.57. The minimum Gasteiger partial charge on any atom is -0.357 e. The lowest BCUT2D eigenvalue weighted by molar-refractivity contribution is 0.273. The molecule has 1 aliphatic heterocycles. The van der Waals surface area contributed by atoms with Gasteiger partial charge in [-0.2, -0.15) is 4.98 Å². The maximum atomic E-state index is 5.28. The fourth-order valence-electron chi connectivity index (χ4n) is 3.11. The van der Waals surface area contributed by atoms with E-state index >= 15 is 0 Å². The lowest BCUT2D eigenvalue weighted by atomic mass is 10.2. The largest absolute Gasteiger partial charge is 0.357 e. The van der Waals surface area contributed by atoms with Crippen molar-refractivity contribution in [1.82, 2.24) is 25.7 Å². The molecule has 7 nitrogen and oxygen atoms in total. The molecule has 1 atom stereocenters. The van der Waals surface area contributed by atoms with Gasteiger partial charge in [-0.1, -0.05) is 25.9 Å². The Bertz CT molecular complexity index is 534. The van der Waals surface area contributed by atoms with Gasteiger partial charge in [0, 0.05) is 31.5 Å². The van der Waals surface area contributed by atoms with Crippen LogP contribution in [0.4, 0.5) is 0 Å². The Hall–Kier alpha value is -0.900. The van der Waals surface area contributed by atoms with Crippen LogP contribution >= 0.6 is 24.0 Å². The van der Waals surface area contributed by atoms with Crippen molar-refractivity contribution in [3.05, 3.63) is 11.7 Å². The SMILES string of the molecule is CCNC(=NCC1CCCN1CC)NCCCc1nc(C(C)C)no1.I. The van der Waals surface area contributed by atoms with Gasteiger partial charge in [-0.05, 0) is 39.3 Å². The third kappa shape index (κ3) is 7.38. The van der Waals surface area contributed by atoms with Crippen molar-refractivity contribution in [2.45, 2.75) is 65.3 Å². The van der Waals surface area contributed by atoms with Gasteiger partial charge in [0.05, 0.1) is 6.54 Å². The van der Waals surface area contributed by atoms with Crippen LogP contribution in [-0.4, -0.2) is 59.8 Å². The van der Waals surface area contributed by atoms with Crippen molar-refractivity contribution in [2.24, 2.45) is 4.99 Å². The molecule has 1 fully saturated rings. The predicted octanol–water partition coefficient (Wildman–Crippen LogP) is 2.78. The highest BCUT2D eigenvalue weighted by Gasteiger charge is 2.22. The average molecular weight is 478 g/mol. The molecule has 1 saturated heterocycles. The first kappa shape index (κ1) is 23.1. The molecule has 8 heteroatoms. The molecule has 2 rings (SSSR count). The van der Waals surface area contributed by atoms with Crippen molar-refractivity contribution in [1.29, 1.82) is 0 Å². The zero-order valence-electron chi connectivity index (χ0n) is 16.6. The fourth-order valence-corrected chi connectivity index (χ4v) is 3.11. The first-order chi connectivity index (χ1) is 12.1. The summed E-state index contributed by atoms with van der Waals surface area (Å²) in [7, 11) is 0. The topological polar surface area (TPSA) is 78.6 Å². The van der Waals surface area contributed by atoms with Gasteiger partial charge in [0.1, 0.15) is 0 Å². The standard InChI is InChI=1S/C18H34N6O.HI/c1-5-19-18(21-13-15-9-8-12-24(15)6-2)20-11-7-10-16-22-17(14(3)4)23-25-16;/h14-15H,5-13H2,1-4H3,(H2,19,20,21);1H. The molecular weight excluding hydrogens is 443 g/mol. The summed E-state index contributed by atoms with van der Waals surface area (Å²) < 4.78 is 5.28. The van der Waals surface area contributed by atoms with Crippen molar-refractivity contribution in [3.63, 3.8) is 0 Å². The van der Waals surface area contributed by atoms with Gasteiger partial charge in [-0.15, -0.1) is 24.0 Å². The van der Waals surface area contributed by atoms with E-state index in [4.69, 9.17) is 9.52 Å². The minimum absolute atomic E-state index is 0. The van der Waals surface area contributed by atoms with Crippen LogP contribution in [0.1, 0.15) is 64.6 Å². The summed E-state index contributed by atoms with van der Waals surface area (Å²) in [6.45, 7) is 13.4. The van der Waals surface area contributed by atoms with Gasteiger partial charge >= 0.3 is 0 Å². The maximum absolute atomic E-state index is 5.28. The van der Waals surface area contributed by atoms with E-state index in [0.29, 0.717) is 12.0 Å². The Morgan fingerprint density at radius 1 is 1.35 bits per heavy atom. The Morgan fingerprint density at radius 2 is 2.15 bits per heavy atom. The number of likely N-dealkylation sites (N-methyl/N-ethyl adjacent to an activating group) is 1. The summed E-state index contributed by atoms with van der Waals surface area (Å²) in [4.78, 5) is 11.7. The molecular formula is C18H35IN6O. The smallest absolute Gasteiger partial charge is 0.226 e. The van der Waals surface area contributed by atoms with Gasteiger partial charge in [-0.3, -0.25) is 9.89 Å². The van der Waals surface area contributed by atoms with E-state index in [-0.39, 0.29) is 24.0 Å². The normalized spacial score (nSPS) is 18.2. The van der Waals surface area contributed by atoms with Crippen LogP contribution in [0.2, 0.25) is 0 Å². The average Bonchev–Trinajstić information content (AvgIpc) is 3.25. The second-order valence-electron chi connectivity index (χ2n) is 6.88. The second-order valence-corrected chi connectivity index (χ2v) is 6.88. The van der Waals surface area contributed by atoms with E-state index in [1.54, 1.807) is 0 Å². The molecule has 2 N–H and O–H groups in total. The lowest BCUT2D eigenvalue weighted by Gasteiger charge is -2.21. The molecule has 0 amide bonds. The molecule has 0 saturated carbocycles. The molecule has 1 aliphatic rings. The number of likely N-dealkylation sites (tertiary alicyclic amines) is 1. The number of aryl methyl sites for hydroxylation is 1. The van der Waals surface area contributed by atoms with E-state index in [1.807, 2.05) is 0 Å². The molecule has 0 spiro atoms. The van der Waals surface area contributed by atoms with E-state index in [0.717, 1.165) is 56.7 Å². The Balaban J connectivity index is 0.00000338. The molecule has 150 valence electrons. The Labute approximate surface area is 174 Å². The summed E-state index contributed by atoms with van der Waals surface area (Å²) in [5, 5.41) is 10.7. The molecule has 1 unspecified atom stereocenters. The molecule has 0 radical (unpaired) electrons. The van der Waals surface area contributed by atoms with E-state index < -0.39 is 0 Å². The number of aromatic nitrogens is 2. The number of hydrogen-bond donors (Lipinski definition) is 2. The summed E-state index contributed by atoms with van der Waals surface area (Å²) in [5.41, 5.74) is 0. The molecule has 26 heavy (non-hydrogen) atoms. The third-order valence-electron chi connectivity index (χ3n) is 4.57. The summed E-state index contributed by atoms with van der Waals surface area (Å²) in [6, 6.07) is 0.591. The van der Waals surface area contributed by atoms with Crippen molar-refractivity contribution in [2.75, 3.05) is 32.7 Å². The zero-order valence-corrected chi connectivity index (χ0v) is 19.0. The molecule has 1 aromatic rings. The first-order valence-electron chi connectivity index (χ1n) is 9.72. The van der Waals surface area contributed by atoms with Gasteiger partial charge in [0.25, 0.3) is 0 Å². The summed E-state index contributed by atoms with van der Waals surface area (Å²) >= 11 is 0. The first-order valence-corrected chi connectivity index (χ1v) is 9.72. The van der Waals surface area contributed by atoms with Crippen molar-refractivity contribution in [3.8, 4) is 0 Å². The molecule has 2 heterocycles. The quantitative estimate of drug-likeness (QED) is 0.246. The summed E-state index contributed by atoms with van der Waals surface area (Å²) in [5.74, 6) is 2.71. The number of guanidine groups is 1. The molecule has 0 bridgehead atoms. The van der Waals surface area contributed by atoms with Crippen LogP contribution in [0.25, 0.3) is 0 Å². The highest BCUT2D eigenvalue weighted by Crippen LogP contribution is 2.16. The summed E-state index contributed by atoms with van der Waals surface area (Å²) in [6.07, 6.45) is 4.28. The van der Waals surface area contributed by atoms with Crippen LogP contribution in [0.15, 0.2) is 9.52 Å². The van der Waals surface area contributed by atoms with Crippen LogP contribution in [-0.2, 0) is 6.42 Å². The minimum atomic E-state index is 0. The van der Waals surface area contributed by atoms with E-state index in [9.17, 15) is 0 Å². The van der Waals surface area contributed by atoms with Gasteiger partial charge in [-0.25, -0.2) is 0 Å². The number of nitrogens with one attached hydrogen (secondary N) is 2. The highest BCUT2D eigenvalue weighted by molar-refractivity contribution is 14.0. The van der Waals surface area contributed by atoms with Gasteiger partial charge in [0.2, 0.25) is 5.89 Å². The number of nitrogens with zero attached hydrogens (tertiary/aromatic N) is 4. The molecule has 0 aliphatic carbocycles. The van der Waals surface area contributed by atoms with Crippen LogP contribution < -0.4 is 10.6 Å². The number of rotatable bonds is 9. The Kier molecular flexibility index (Phi) is 11.1. The van der Waals surface area contributed by atoms with Gasteiger partial charge in [0.15, 0.2) is 11.8 Å². The number of halogens is 1. The lowest BCUT2D eigenvalue weighted by Crippen LogP contribution is -2.39. The number of hydrogen-bond acceptors (Lipinski definition) is 5. The van der Waals surface area contributed by atoms with E-state index in [2.05, 4.69) is 53.4 Å². The van der Waals surface area contributed by atoms with Crippen LogP contribution in [0, 0.1) is 0 Å². The molecule has 0 aromatic carbocycles. The fraction of sp³-hybridized carbons (Fsp3) is 0.833. The van der Waals surface area contributed by atoms with Crippen LogP contribution in [0.3, 0.4) is 0 Å².